The number of carbonyl (C=O) groups is 4. The summed E-state index contributed by atoms with van der Waals surface area (Å²) in [4.78, 5) is 53.0. The van der Waals surface area contributed by atoms with Crippen LogP contribution in [0.5, 0.6) is 5.75 Å². The van der Waals surface area contributed by atoms with E-state index in [2.05, 4.69) is 10.6 Å². The van der Waals surface area contributed by atoms with Crippen molar-refractivity contribution in [3.05, 3.63) is 29.3 Å². The molecule has 202 valence electrons. The number of aryl methyl sites for hydroxylation is 1. The predicted octanol–water partition coefficient (Wildman–Crippen LogP) is 3.05. The second kappa shape index (κ2) is 13.7. The molecule has 10 heteroatoms. The Kier molecular flexibility index (Phi) is 11.7. The van der Waals surface area contributed by atoms with Crippen molar-refractivity contribution >= 4 is 23.8 Å². The van der Waals surface area contributed by atoms with Gasteiger partial charge in [0.25, 0.3) is 0 Å². The van der Waals surface area contributed by atoms with Gasteiger partial charge in [-0.25, -0.2) is 4.79 Å². The van der Waals surface area contributed by atoms with Gasteiger partial charge in [-0.2, -0.15) is 0 Å². The highest BCUT2D eigenvalue weighted by molar-refractivity contribution is 5.94. The van der Waals surface area contributed by atoms with Crippen molar-refractivity contribution in [1.82, 2.24) is 15.5 Å². The third kappa shape index (κ3) is 9.39. The molecule has 0 aliphatic carbocycles. The van der Waals surface area contributed by atoms with Gasteiger partial charge in [-0.15, -0.1) is 0 Å². The number of benzene rings is 1. The second-order valence-electron chi connectivity index (χ2n) is 9.97. The first-order valence-electron chi connectivity index (χ1n) is 12.4. The molecule has 0 heterocycles. The lowest BCUT2D eigenvalue weighted by Crippen LogP contribution is -2.56. The first-order valence-corrected chi connectivity index (χ1v) is 12.4. The molecule has 1 aromatic carbocycles. The van der Waals surface area contributed by atoms with E-state index < -0.39 is 54.0 Å². The monoisotopic (exact) mass is 506 g/mol. The minimum Gasteiger partial charge on any atom is -0.508 e. The van der Waals surface area contributed by atoms with Crippen molar-refractivity contribution in [2.24, 2.45) is 5.73 Å². The number of unbranched alkanes of at least 4 members (excludes halogenated alkanes) is 1. The lowest BCUT2D eigenvalue weighted by molar-refractivity contribution is -0.145. The first kappa shape index (κ1) is 30.7. The summed E-state index contributed by atoms with van der Waals surface area (Å²) >= 11 is 0. The molecule has 0 saturated carbocycles. The molecule has 1 aromatic rings. The first-order chi connectivity index (χ1) is 16.7. The fourth-order valence-electron chi connectivity index (χ4n) is 3.60. The molecule has 0 radical (unpaired) electrons. The van der Waals surface area contributed by atoms with Crippen LogP contribution in [0.15, 0.2) is 18.2 Å². The summed E-state index contributed by atoms with van der Waals surface area (Å²) < 4.78 is 5.27. The van der Waals surface area contributed by atoms with Gasteiger partial charge in [-0.05, 0) is 70.7 Å². The van der Waals surface area contributed by atoms with E-state index in [0.717, 1.165) is 12.8 Å². The number of nitrogens with two attached hydrogens (primary N) is 1. The molecule has 0 spiro atoms. The quantitative estimate of drug-likeness (QED) is 0.320. The molecule has 36 heavy (non-hydrogen) atoms. The fourth-order valence-corrected chi connectivity index (χ4v) is 3.60. The number of carbonyl (C=O) groups excluding carboxylic acids is 4. The number of primary amides is 1. The van der Waals surface area contributed by atoms with Gasteiger partial charge in [0.05, 0.1) is 6.42 Å². The summed E-state index contributed by atoms with van der Waals surface area (Å²) in [6.07, 6.45) is 0.781. The highest BCUT2D eigenvalue weighted by Gasteiger charge is 2.39. The smallest absolute Gasteiger partial charge is 0.408 e. The van der Waals surface area contributed by atoms with E-state index in [4.69, 9.17) is 10.5 Å². The molecule has 0 aromatic heterocycles. The van der Waals surface area contributed by atoms with Crippen molar-refractivity contribution in [3.8, 4) is 5.75 Å². The number of hydrogen-bond donors (Lipinski definition) is 4. The average molecular weight is 507 g/mol. The van der Waals surface area contributed by atoms with Gasteiger partial charge < -0.3 is 31.1 Å². The fraction of sp³-hybridized carbons (Fsp3) is 0.615. The standard InChI is InChI=1S/C26H42N4O6/c1-8-10-13-28-23(33)22(18-11-12-20(31)16(3)14-18)30(17(4)9-2)24(34)19(15-21(27)32)29-25(35)36-26(5,6)7/h11-12,14,17,19,22,31H,8-10,13,15H2,1-7H3,(H2,27,32)(H,28,33)(H,29,35). The van der Waals surface area contributed by atoms with Crippen molar-refractivity contribution in [2.45, 2.75) is 97.9 Å². The van der Waals surface area contributed by atoms with Gasteiger partial charge in [-0.3, -0.25) is 14.4 Å². The van der Waals surface area contributed by atoms with Crippen LogP contribution in [-0.2, 0) is 19.1 Å². The highest BCUT2D eigenvalue weighted by atomic mass is 16.6. The van der Waals surface area contributed by atoms with Crippen LogP contribution in [0, 0.1) is 6.92 Å². The molecule has 3 unspecified atom stereocenters. The number of phenolic OH excluding ortho intramolecular Hbond substituents is 1. The largest absolute Gasteiger partial charge is 0.508 e. The molecular weight excluding hydrogens is 464 g/mol. The number of aromatic hydroxyl groups is 1. The molecule has 5 N–H and O–H groups in total. The summed E-state index contributed by atoms with van der Waals surface area (Å²) in [6.45, 7) is 12.8. The van der Waals surface area contributed by atoms with E-state index >= 15 is 0 Å². The molecule has 0 fully saturated rings. The zero-order valence-electron chi connectivity index (χ0n) is 22.5. The summed E-state index contributed by atoms with van der Waals surface area (Å²) in [5.74, 6) is -1.78. The van der Waals surface area contributed by atoms with Crippen LogP contribution in [0.1, 0.15) is 84.4 Å². The van der Waals surface area contributed by atoms with Crippen molar-refractivity contribution in [3.63, 3.8) is 0 Å². The Morgan fingerprint density at radius 3 is 2.31 bits per heavy atom. The summed E-state index contributed by atoms with van der Waals surface area (Å²) in [7, 11) is 0. The van der Waals surface area contributed by atoms with Crippen LogP contribution in [0.25, 0.3) is 0 Å². The minimum atomic E-state index is -1.34. The maximum Gasteiger partial charge on any atom is 0.408 e. The van der Waals surface area contributed by atoms with Gasteiger partial charge in [0.15, 0.2) is 0 Å². The van der Waals surface area contributed by atoms with E-state index in [0.29, 0.717) is 24.1 Å². The number of ether oxygens (including phenoxy) is 1. The Morgan fingerprint density at radius 1 is 1.17 bits per heavy atom. The van der Waals surface area contributed by atoms with Crippen LogP contribution < -0.4 is 16.4 Å². The molecular formula is C26H42N4O6. The summed E-state index contributed by atoms with van der Waals surface area (Å²) in [5, 5.41) is 15.4. The molecule has 0 aliphatic heterocycles. The van der Waals surface area contributed by atoms with E-state index in [1.807, 2.05) is 13.8 Å². The zero-order valence-corrected chi connectivity index (χ0v) is 22.5. The Hall–Kier alpha value is -3.30. The average Bonchev–Trinajstić information content (AvgIpc) is 2.76. The van der Waals surface area contributed by atoms with E-state index in [1.54, 1.807) is 46.8 Å². The number of phenols is 1. The second-order valence-corrected chi connectivity index (χ2v) is 9.97. The van der Waals surface area contributed by atoms with Gasteiger partial charge in [0, 0.05) is 12.6 Å². The van der Waals surface area contributed by atoms with Gasteiger partial charge >= 0.3 is 6.09 Å². The number of nitrogens with zero attached hydrogens (tertiary/aromatic N) is 1. The Morgan fingerprint density at radius 2 is 1.81 bits per heavy atom. The lowest BCUT2D eigenvalue weighted by Gasteiger charge is -2.38. The van der Waals surface area contributed by atoms with Gasteiger partial charge in [-0.1, -0.05) is 26.3 Å². The van der Waals surface area contributed by atoms with Crippen molar-refractivity contribution in [2.75, 3.05) is 6.54 Å². The van der Waals surface area contributed by atoms with E-state index in [9.17, 15) is 24.3 Å². The van der Waals surface area contributed by atoms with Crippen LogP contribution in [0.2, 0.25) is 0 Å². The maximum atomic E-state index is 13.9. The molecule has 3 atom stereocenters. The van der Waals surface area contributed by atoms with Crippen LogP contribution in [0.3, 0.4) is 0 Å². The van der Waals surface area contributed by atoms with E-state index in [1.165, 1.54) is 11.0 Å². The number of alkyl carbamates (subject to hydrolysis) is 1. The molecule has 0 saturated heterocycles. The highest BCUT2D eigenvalue weighted by Crippen LogP contribution is 2.29. The normalized spacial score (nSPS) is 13.8. The number of rotatable bonds is 12. The van der Waals surface area contributed by atoms with Gasteiger partial charge in [0.2, 0.25) is 17.7 Å². The molecule has 1 rings (SSSR count). The number of amides is 4. The number of hydrogen-bond acceptors (Lipinski definition) is 6. The minimum absolute atomic E-state index is 0.0588. The topological polar surface area (TPSA) is 151 Å². The third-order valence-electron chi connectivity index (χ3n) is 5.61. The predicted molar refractivity (Wildman–Crippen MR) is 137 cm³/mol. The molecule has 0 aliphatic rings. The third-order valence-corrected chi connectivity index (χ3v) is 5.61. The summed E-state index contributed by atoms with van der Waals surface area (Å²) in [6, 6.07) is 1.85. The Balaban J connectivity index is 3.54. The maximum absolute atomic E-state index is 13.9. The SMILES string of the molecule is CCCCNC(=O)C(c1ccc(O)c(C)c1)N(C(=O)C(CC(N)=O)NC(=O)OC(C)(C)C)C(C)CC. The van der Waals surface area contributed by atoms with Crippen molar-refractivity contribution in [1.29, 1.82) is 0 Å². The van der Waals surface area contributed by atoms with Crippen LogP contribution in [-0.4, -0.2) is 58.1 Å². The Bertz CT molecular complexity index is 927. The van der Waals surface area contributed by atoms with Crippen LogP contribution in [0.4, 0.5) is 4.79 Å². The molecule has 4 amide bonds. The Labute approximate surface area is 213 Å². The van der Waals surface area contributed by atoms with E-state index in [-0.39, 0.29) is 5.75 Å². The van der Waals surface area contributed by atoms with Crippen molar-refractivity contribution < 1.29 is 29.0 Å². The van der Waals surface area contributed by atoms with Gasteiger partial charge in [0.1, 0.15) is 23.4 Å². The summed E-state index contributed by atoms with van der Waals surface area (Å²) in [5.41, 5.74) is 5.60. The molecule has 10 nitrogen and oxygen atoms in total. The number of nitrogens with one attached hydrogen (secondary N) is 2. The lowest BCUT2D eigenvalue weighted by atomic mass is 9.97. The molecule has 0 bridgehead atoms. The zero-order chi connectivity index (χ0) is 27.6. The van der Waals surface area contributed by atoms with Crippen LogP contribution >= 0.6 is 0 Å².